The highest BCUT2D eigenvalue weighted by Crippen LogP contribution is 2.48. The molecule has 2 heteroatoms. The van der Waals surface area contributed by atoms with E-state index in [1.807, 2.05) is 0 Å². The number of benzene rings is 5. The molecule has 0 bridgehead atoms. The zero-order valence-electron chi connectivity index (χ0n) is 17.8. The zero-order chi connectivity index (χ0) is 21.5. The molecule has 33 heavy (non-hydrogen) atoms. The molecule has 0 fully saturated rings. The first-order valence-electron chi connectivity index (χ1n) is 11.3. The van der Waals surface area contributed by atoms with Crippen LogP contribution in [-0.4, -0.2) is 9.55 Å². The van der Waals surface area contributed by atoms with Crippen molar-refractivity contribution in [2.75, 3.05) is 0 Å². The summed E-state index contributed by atoms with van der Waals surface area (Å²) in [5.41, 5.74) is 11.0. The Labute approximate surface area is 190 Å². The van der Waals surface area contributed by atoms with Gasteiger partial charge in [0.2, 0.25) is 0 Å². The van der Waals surface area contributed by atoms with E-state index in [1.54, 1.807) is 0 Å². The first kappa shape index (κ1) is 17.2. The van der Waals surface area contributed by atoms with Crippen LogP contribution in [0.2, 0.25) is 0 Å². The van der Waals surface area contributed by atoms with Crippen molar-refractivity contribution >= 4 is 32.6 Å². The van der Waals surface area contributed by atoms with Crippen LogP contribution >= 0.6 is 0 Å². The van der Waals surface area contributed by atoms with E-state index in [4.69, 9.17) is 4.98 Å². The molecular weight excluding hydrogens is 400 g/mol. The lowest BCUT2D eigenvalue weighted by molar-refractivity contribution is 1.12. The maximum atomic E-state index is 4.99. The molecule has 8 rings (SSSR count). The fourth-order valence-corrected chi connectivity index (χ4v) is 5.73. The molecule has 0 amide bonds. The third-order valence-electron chi connectivity index (χ3n) is 7.14. The summed E-state index contributed by atoms with van der Waals surface area (Å²) in [5, 5.41) is 5.00. The Bertz CT molecular complexity index is 1840. The maximum Gasteiger partial charge on any atom is 0.0824 e. The second-order valence-corrected chi connectivity index (χ2v) is 8.81. The summed E-state index contributed by atoms with van der Waals surface area (Å²) in [6, 6.07) is 37.1. The minimum atomic E-state index is 1.05. The molecule has 2 aliphatic heterocycles. The lowest BCUT2D eigenvalue weighted by Gasteiger charge is -2.17. The van der Waals surface area contributed by atoms with Gasteiger partial charge in [-0.15, -0.1) is 0 Å². The van der Waals surface area contributed by atoms with E-state index >= 15 is 0 Å². The Balaban J connectivity index is 1.53. The van der Waals surface area contributed by atoms with Gasteiger partial charge in [0.25, 0.3) is 0 Å². The van der Waals surface area contributed by atoms with E-state index in [1.165, 1.54) is 60.6 Å². The SMILES string of the molecule is c1ccc2c(c1)-c1cccc3c(-n4cc5c6ccccc6nc-5c5ccccc54)ccc-2c13. The van der Waals surface area contributed by atoms with Gasteiger partial charge in [-0.2, -0.15) is 0 Å². The van der Waals surface area contributed by atoms with Crippen molar-refractivity contribution < 1.29 is 0 Å². The predicted octanol–water partition coefficient (Wildman–Crippen LogP) is 8.08. The van der Waals surface area contributed by atoms with Crippen LogP contribution < -0.4 is 0 Å². The number of hydrogen-bond donors (Lipinski definition) is 0. The van der Waals surface area contributed by atoms with Crippen LogP contribution in [0.4, 0.5) is 0 Å². The van der Waals surface area contributed by atoms with Crippen molar-refractivity contribution in [3.05, 3.63) is 109 Å². The van der Waals surface area contributed by atoms with Gasteiger partial charge in [0, 0.05) is 27.9 Å². The molecule has 0 N–H and O–H groups in total. The minimum Gasteiger partial charge on any atom is -0.315 e. The molecule has 0 spiro atoms. The number of fused-ring (bicyclic) bond motifs is 8. The summed E-state index contributed by atoms with van der Waals surface area (Å²) in [6.45, 7) is 0. The molecule has 2 heterocycles. The maximum absolute atomic E-state index is 4.99. The number of para-hydroxylation sites is 2. The highest BCUT2D eigenvalue weighted by molar-refractivity contribution is 6.17. The Morgan fingerprint density at radius 1 is 0.485 bits per heavy atom. The van der Waals surface area contributed by atoms with E-state index in [0.29, 0.717) is 0 Å². The predicted molar refractivity (Wildman–Crippen MR) is 137 cm³/mol. The molecule has 1 aliphatic carbocycles. The molecule has 0 saturated carbocycles. The molecule has 5 aromatic rings. The van der Waals surface area contributed by atoms with Crippen LogP contribution in [0.3, 0.4) is 0 Å². The zero-order valence-corrected chi connectivity index (χ0v) is 17.8. The van der Waals surface area contributed by atoms with Crippen LogP contribution in [0.15, 0.2) is 109 Å². The van der Waals surface area contributed by atoms with Crippen LogP contribution in [0.25, 0.3) is 71.8 Å². The van der Waals surface area contributed by atoms with Crippen molar-refractivity contribution in [2.24, 2.45) is 0 Å². The number of nitrogens with zero attached hydrogens (tertiary/aromatic N) is 2. The van der Waals surface area contributed by atoms with Gasteiger partial charge < -0.3 is 4.57 Å². The summed E-state index contributed by atoms with van der Waals surface area (Å²) in [6.07, 6.45) is 2.28. The van der Waals surface area contributed by atoms with Gasteiger partial charge in [-0.1, -0.05) is 84.9 Å². The molecule has 2 nitrogen and oxygen atoms in total. The lowest BCUT2D eigenvalue weighted by atomic mass is 10.00. The van der Waals surface area contributed by atoms with Gasteiger partial charge in [-0.25, -0.2) is 4.98 Å². The number of rotatable bonds is 1. The quantitative estimate of drug-likeness (QED) is 0.263. The fraction of sp³-hybridized carbons (Fsp3) is 0. The Morgan fingerprint density at radius 3 is 2.03 bits per heavy atom. The van der Waals surface area contributed by atoms with E-state index in [9.17, 15) is 0 Å². The summed E-state index contributed by atoms with van der Waals surface area (Å²) in [7, 11) is 0. The monoisotopic (exact) mass is 418 g/mol. The van der Waals surface area contributed by atoms with Crippen molar-refractivity contribution in [3.63, 3.8) is 0 Å². The van der Waals surface area contributed by atoms with Gasteiger partial charge in [0.15, 0.2) is 0 Å². The average molecular weight is 418 g/mol. The van der Waals surface area contributed by atoms with Crippen molar-refractivity contribution in [2.45, 2.75) is 0 Å². The van der Waals surface area contributed by atoms with Gasteiger partial charge in [0.05, 0.1) is 22.4 Å². The lowest BCUT2D eigenvalue weighted by Crippen LogP contribution is -2.01. The molecule has 0 aromatic heterocycles. The highest BCUT2D eigenvalue weighted by Gasteiger charge is 2.23. The van der Waals surface area contributed by atoms with E-state index in [2.05, 4.69) is 114 Å². The fourth-order valence-electron chi connectivity index (χ4n) is 5.73. The third-order valence-corrected chi connectivity index (χ3v) is 7.14. The highest BCUT2D eigenvalue weighted by atomic mass is 15.0. The standard InChI is InChI=1S/C31H18N2/c1-2-9-20-19(8-1)22-12-7-13-24-29(17-16-23(20)30(22)24)33-18-26-21-10-3-5-14-27(21)32-31(26)25-11-4-6-15-28(25)33/h1-18H. The van der Waals surface area contributed by atoms with E-state index < -0.39 is 0 Å². The van der Waals surface area contributed by atoms with E-state index in [-0.39, 0.29) is 0 Å². The van der Waals surface area contributed by atoms with Crippen LogP contribution in [0, 0.1) is 0 Å². The average Bonchev–Trinajstić information content (AvgIpc) is 3.42. The molecular formula is C31H18N2. The largest absolute Gasteiger partial charge is 0.315 e. The molecule has 152 valence electrons. The normalized spacial score (nSPS) is 12.2. The molecule has 3 aliphatic rings. The number of pyridine rings is 1. The molecule has 0 unspecified atom stereocenters. The van der Waals surface area contributed by atoms with Gasteiger partial charge in [-0.05, 0) is 45.8 Å². The summed E-state index contributed by atoms with van der Waals surface area (Å²) >= 11 is 0. The molecule has 0 atom stereocenters. The summed E-state index contributed by atoms with van der Waals surface area (Å²) in [5.74, 6) is 0. The Kier molecular flexibility index (Phi) is 3.16. The molecule has 0 saturated heterocycles. The van der Waals surface area contributed by atoms with E-state index in [0.717, 1.165) is 11.2 Å². The van der Waals surface area contributed by atoms with Gasteiger partial charge >= 0.3 is 0 Å². The first-order valence-corrected chi connectivity index (χ1v) is 11.3. The first-order chi connectivity index (χ1) is 16.4. The van der Waals surface area contributed by atoms with Crippen molar-refractivity contribution in [3.8, 4) is 39.2 Å². The second-order valence-electron chi connectivity index (χ2n) is 8.81. The van der Waals surface area contributed by atoms with Gasteiger partial charge in [-0.3, -0.25) is 0 Å². The van der Waals surface area contributed by atoms with Crippen molar-refractivity contribution in [1.29, 1.82) is 0 Å². The molecule has 5 aromatic carbocycles. The molecule has 0 radical (unpaired) electrons. The summed E-state index contributed by atoms with van der Waals surface area (Å²) in [4.78, 5) is 4.99. The number of aromatic nitrogens is 2. The van der Waals surface area contributed by atoms with Crippen LogP contribution in [0.5, 0.6) is 0 Å². The van der Waals surface area contributed by atoms with Crippen molar-refractivity contribution in [1.82, 2.24) is 9.55 Å². The number of hydrogen-bond acceptors (Lipinski definition) is 1. The third kappa shape index (κ3) is 2.15. The minimum absolute atomic E-state index is 1.05. The van der Waals surface area contributed by atoms with Crippen LogP contribution in [0.1, 0.15) is 0 Å². The Morgan fingerprint density at radius 2 is 1.15 bits per heavy atom. The Hall–Kier alpha value is -4.43. The summed E-state index contributed by atoms with van der Waals surface area (Å²) < 4.78 is 2.36. The smallest absolute Gasteiger partial charge is 0.0824 e. The van der Waals surface area contributed by atoms with Gasteiger partial charge in [0.1, 0.15) is 0 Å². The van der Waals surface area contributed by atoms with Crippen LogP contribution in [-0.2, 0) is 0 Å². The topological polar surface area (TPSA) is 17.8 Å². The second kappa shape index (κ2) is 6.08.